The molecule has 0 aromatic carbocycles. The smallest absolute Gasteiger partial charge is 0.243 e. The molecule has 2 heterocycles. The Labute approximate surface area is 131 Å². The summed E-state index contributed by atoms with van der Waals surface area (Å²) in [4.78, 5) is 13.5. The van der Waals surface area contributed by atoms with Crippen molar-refractivity contribution in [3.05, 3.63) is 11.9 Å². The van der Waals surface area contributed by atoms with Crippen LogP contribution in [0.25, 0.3) is 0 Å². The van der Waals surface area contributed by atoms with Crippen molar-refractivity contribution in [3.63, 3.8) is 0 Å². The minimum atomic E-state index is -3.55. The second-order valence-corrected chi connectivity index (χ2v) is 7.62. The molecule has 0 spiro atoms. The second kappa shape index (κ2) is 6.78. The molecule has 1 aliphatic rings. The quantitative estimate of drug-likeness (QED) is 0.759. The SMILES string of the molecule is Cc1nn(C(C)C)cc1S(=O)(=O)NCCCN1CCCC1=O. The molecular weight excluding hydrogens is 304 g/mol. The van der Waals surface area contributed by atoms with Crippen LogP contribution in [0.15, 0.2) is 11.1 Å². The van der Waals surface area contributed by atoms with Gasteiger partial charge in [0, 0.05) is 38.3 Å². The number of amides is 1. The Balaban J connectivity index is 1.89. The van der Waals surface area contributed by atoms with Crippen LogP contribution in [-0.4, -0.2) is 48.6 Å². The van der Waals surface area contributed by atoms with E-state index in [2.05, 4.69) is 9.82 Å². The van der Waals surface area contributed by atoms with E-state index >= 15 is 0 Å². The maximum absolute atomic E-state index is 12.3. The molecule has 8 heteroatoms. The van der Waals surface area contributed by atoms with Crippen LogP contribution in [0.4, 0.5) is 0 Å². The molecule has 124 valence electrons. The van der Waals surface area contributed by atoms with Gasteiger partial charge in [0.25, 0.3) is 0 Å². The highest BCUT2D eigenvalue weighted by molar-refractivity contribution is 7.89. The molecule has 22 heavy (non-hydrogen) atoms. The molecule has 7 nitrogen and oxygen atoms in total. The van der Waals surface area contributed by atoms with Crippen LogP contribution < -0.4 is 4.72 Å². The zero-order chi connectivity index (χ0) is 16.3. The van der Waals surface area contributed by atoms with Crippen molar-refractivity contribution in [2.24, 2.45) is 0 Å². The number of aryl methyl sites for hydroxylation is 1. The number of nitrogens with zero attached hydrogens (tertiary/aromatic N) is 3. The van der Waals surface area contributed by atoms with Crippen LogP contribution in [0.2, 0.25) is 0 Å². The lowest BCUT2D eigenvalue weighted by Gasteiger charge is -2.15. The van der Waals surface area contributed by atoms with Gasteiger partial charge < -0.3 is 4.90 Å². The third-order valence-electron chi connectivity index (χ3n) is 3.76. The summed E-state index contributed by atoms with van der Waals surface area (Å²) in [5.74, 6) is 0.164. The number of carbonyl (C=O) groups excluding carboxylic acids is 1. The Hall–Kier alpha value is -1.41. The maximum Gasteiger partial charge on any atom is 0.243 e. The van der Waals surface area contributed by atoms with E-state index in [4.69, 9.17) is 0 Å². The van der Waals surface area contributed by atoms with Gasteiger partial charge >= 0.3 is 0 Å². The summed E-state index contributed by atoms with van der Waals surface area (Å²) in [6.45, 7) is 7.29. The molecule has 1 fully saturated rings. The molecule has 1 N–H and O–H groups in total. The zero-order valence-corrected chi connectivity index (χ0v) is 14.2. The van der Waals surface area contributed by atoms with Crippen LogP contribution in [0.5, 0.6) is 0 Å². The predicted molar refractivity (Wildman–Crippen MR) is 83.0 cm³/mol. The summed E-state index contributed by atoms with van der Waals surface area (Å²) < 4.78 is 28.8. The van der Waals surface area contributed by atoms with Crippen molar-refractivity contribution in [1.82, 2.24) is 19.4 Å². The lowest BCUT2D eigenvalue weighted by molar-refractivity contribution is -0.127. The first kappa shape index (κ1) is 17.0. The first-order valence-corrected chi connectivity index (χ1v) is 9.13. The molecule has 0 atom stereocenters. The van der Waals surface area contributed by atoms with Gasteiger partial charge in [0.15, 0.2) is 0 Å². The molecule has 0 radical (unpaired) electrons. The van der Waals surface area contributed by atoms with Crippen molar-refractivity contribution in [2.45, 2.75) is 51.0 Å². The minimum Gasteiger partial charge on any atom is -0.343 e. The van der Waals surface area contributed by atoms with Crippen molar-refractivity contribution >= 4 is 15.9 Å². The largest absolute Gasteiger partial charge is 0.343 e. The molecule has 1 aliphatic heterocycles. The summed E-state index contributed by atoms with van der Waals surface area (Å²) >= 11 is 0. The van der Waals surface area contributed by atoms with Gasteiger partial charge in [-0.2, -0.15) is 5.10 Å². The topological polar surface area (TPSA) is 84.3 Å². The molecule has 1 aromatic rings. The Morgan fingerprint density at radius 1 is 1.41 bits per heavy atom. The number of nitrogens with one attached hydrogen (secondary N) is 1. The van der Waals surface area contributed by atoms with E-state index in [1.165, 1.54) is 0 Å². The zero-order valence-electron chi connectivity index (χ0n) is 13.4. The predicted octanol–water partition coefficient (Wildman–Crippen LogP) is 1.06. The third-order valence-corrected chi connectivity index (χ3v) is 5.32. The highest BCUT2D eigenvalue weighted by Crippen LogP contribution is 2.16. The van der Waals surface area contributed by atoms with E-state index in [0.717, 1.165) is 13.0 Å². The van der Waals surface area contributed by atoms with Gasteiger partial charge in [-0.15, -0.1) is 0 Å². The fourth-order valence-corrected chi connectivity index (χ4v) is 3.73. The summed E-state index contributed by atoms with van der Waals surface area (Å²) in [6, 6.07) is 0.115. The van der Waals surface area contributed by atoms with Crippen LogP contribution in [0.1, 0.15) is 44.8 Å². The van der Waals surface area contributed by atoms with E-state index in [-0.39, 0.29) is 16.8 Å². The van der Waals surface area contributed by atoms with Gasteiger partial charge in [0.2, 0.25) is 15.9 Å². The van der Waals surface area contributed by atoms with Gasteiger partial charge in [0.05, 0.1) is 5.69 Å². The lowest BCUT2D eigenvalue weighted by atomic mass is 10.4. The number of hydrogen-bond donors (Lipinski definition) is 1. The number of rotatable bonds is 7. The molecule has 0 aliphatic carbocycles. The number of carbonyl (C=O) groups is 1. The number of likely N-dealkylation sites (tertiary alicyclic amines) is 1. The van der Waals surface area contributed by atoms with Crippen LogP contribution in [0.3, 0.4) is 0 Å². The van der Waals surface area contributed by atoms with Crippen molar-refractivity contribution < 1.29 is 13.2 Å². The van der Waals surface area contributed by atoms with Gasteiger partial charge in [-0.1, -0.05) is 0 Å². The maximum atomic E-state index is 12.3. The van der Waals surface area contributed by atoms with Crippen LogP contribution >= 0.6 is 0 Å². The third kappa shape index (κ3) is 3.86. The van der Waals surface area contributed by atoms with E-state index in [0.29, 0.717) is 31.6 Å². The highest BCUT2D eigenvalue weighted by atomic mass is 32.2. The first-order chi connectivity index (χ1) is 10.3. The van der Waals surface area contributed by atoms with Gasteiger partial charge in [-0.3, -0.25) is 9.48 Å². The summed E-state index contributed by atoms with van der Waals surface area (Å²) in [5, 5.41) is 4.22. The Morgan fingerprint density at radius 2 is 2.14 bits per heavy atom. The normalized spacial score (nSPS) is 16.0. The summed E-state index contributed by atoms with van der Waals surface area (Å²) in [7, 11) is -3.55. The minimum absolute atomic E-state index is 0.115. The van der Waals surface area contributed by atoms with Gasteiger partial charge in [-0.25, -0.2) is 13.1 Å². The van der Waals surface area contributed by atoms with Crippen molar-refractivity contribution in [3.8, 4) is 0 Å². The molecule has 0 saturated carbocycles. The van der Waals surface area contributed by atoms with E-state index in [9.17, 15) is 13.2 Å². The second-order valence-electron chi connectivity index (χ2n) is 5.89. The van der Waals surface area contributed by atoms with Crippen molar-refractivity contribution in [2.75, 3.05) is 19.6 Å². The summed E-state index contributed by atoms with van der Waals surface area (Å²) in [6.07, 6.45) is 3.69. The molecule has 0 bridgehead atoms. The molecule has 0 unspecified atom stereocenters. The Morgan fingerprint density at radius 3 is 2.68 bits per heavy atom. The number of sulfonamides is 1. The Kier molecular flexibility index (Phi) is 5.23. The van der Waals surface area contributed by atoms with Gasteiger partial charge in [0.1, 0.15) is 4.90 Å². The first-order valence-electron chi connectivity index (χ1n) is 7.64. The fourth-order valence-electron chi connectivity index (χ4n) is 2.49. The Bertz CT molecular complexity index is 637. The molecule has 2 rings (SSSR count). The molecule has 1 saturated heterocycles. The van der Waals surface area contributed by atoms with Crippen LogP contribution in [-0.2, 0) is 14.8 Å². The molecular formula is C14H24N4O3S. The van der Waals surface area contributed by atoms with E-state index in [1.807, 2.05) is 13.8 Å². The average molecular weight is 328 g/mol. The summed E-state index contributed by atoms with van der Waals surface area (Å²) in [5.41, 5.74) is 0.496. The lowest BCUT2D eigenvalue weighted by Crippen LogP contribution is -2.30. The fraction of sp³-hybridized carbons (Fsp3) is 0.714. The number of aromatic nitrogens is 2. The standard InChI is InChI=1S/C14H24N4O3S/c1-11(2)18-10-13(12(3)16-18)22(20,21)15-7-5-9-17-8-4-6-14(17)19/h10-11,15H,4-9H2,1-3H3. The highest BCUT2D eigenvalue weighted by Gasteiger charge is 2.22. The molecule has 1 aromatic heterocycles. The molecule has 1 amide bonds. The van der Waals surface area contributed by atoms with E-state index < -0.39 is 10.0 Å². The van der Waals surface area contributed by atoms with E-state index in [1.54, 1.807) is 22.7 Å². The monoisotopic (exact) mass is 328 g/mol. The average Bonchev–Trinajstić information content (AvgIpc) is 3.01. The van der Waals surface area contributed by atoms with Crippen molar-refractivity contribution in [1.29, 1.82) is 0 Å². The number of hydrogen-bond acceptors (Lipinski definition) is 4. The van der Waals surface area contributed by atoms with Crippen LogP contribution in [0, 0.1) is 6.92 Å². The van der Waals surface area contributed by atoms with Gasteiger partial charge in [-0.05, 0) is 33.6 Å².